The van der Waals surface area contributed by atoms with Crippen molar-refractivity contribution < 1.29 is 10.4 Å². The molecule has 0 fully saturated rings. The summed E-state index contributed by atoms with van der Waals surface area (Å²) in [5.74, 6) is 0.0727. The molecule has 0 aliphatic heterocycles. The first kappa shape index (κ1) is 12.3. The van der Waals surface area contributed by atoms with Gasteiger partial charge in [0.1, 0.15) is 0 Å². The average molecular weight is 198 g/mol. The lowest BCUT2D eigenvalue weighted by Crippen LogP contribution is -2.37. The van der Waals surface area contributed by atoms with Crippen LogP contribution in [0.5, 0.6) is 0 Å². The number of hydrogen-bond acceptors (Lipinski definition) is 4. The van der Waals surface area contributed by atoms with Crippen molar-refractivity contribution in [2.75, 3.05) is 13.1 Å². The van der Waals surface area contributed by atoms with Gasteiger partial charge in [0.25, 0.3) is 0 Å². The fourth-order valence-corrected chi connectivity index (χ4v) is 0.638. The first-order valence-electron chi connectivity index (χ1n) is 3.91. The van der Waals surface area contributed by atoms with Gasteiger partial charge in [0.05, 0.1) is 13.1 Å². The lowest BCUT2D eigenvalue weighted by molar-refractivity contribution is 0.223. The van der Waals surface area contributed by atoms with Gasteiger partial charge in [0.15, 0.2) is 11.7 Å². The Kier molecular flexibility index (Phi) is 7.02. The molecule has 0 unspecified atom stereocenters. The Hall–Kier alpha value is -1.66. The monoisotopic (exact) mass is 198 g/mol. The van der Waals surface area contributed by atoms with Crippen LogP contribution in [0.15, 0.2) is 35.3 Å². The van der Waals surface area contributed by atoms with Gasteiger partial charge in [0.2, 0.25) is 0 Å². The van der Waals surface area contributed by atoms with Crippen LogP contribution in [0.1, 0.15) is 0 Å². The Labute approximate surface area is 82.3 Å². The van der Waals surface area contributed by atoms with Crippen LogP contribution < -0.4 is 11.0 Å². The van der Waals surface area contributed by atoms with E-state index in [-0.39, 0.29) is 11.7 Å². The third kappa shape index (κ3) is 4.39. The number of nitrogens with zero attached hydrogens (tertiary/aromatic N) is 2. The fraction of sp³-hybridized carbons (Fsp3) is 0.250. The number of aliphatic imine (C=N–C) groups is 2. The van der Waals surface area contributed by atoms with Crippen LogP contribution >= 0.6 is 0 Å². The van der Waals surface area contributed by atoms with Crippen molar-refractivity contribution in [3.8, 4) is 0 Å². The normalized spacial score (nSPS) is 12.1. The first-order chi connectivity index (χ1) is 6.79. The topological polar surface area (TPSA) is 89.2 Å². The van der Waals surface area contributed by atoms with E-state index in [2.05, 4.69) is 23.1 Å². The van der Waals surface area contributed by atoms with Crippen molar-refractivity contribution in [1.29, 1.82) is 0 Å². The van der Waals surface area contributed by atoms with Crippen molar-refractivity contribution in [3.63, 3.8) is 0 Å². The molecule has 4 N–H and O–H groups in total. The van der Waals surface area contributed by atoms with Gasteiger partial charge in [-0.3, -0.25) is 20.4 Å². The summed E-state index contributed by atoms with van der Waals surface area (Å²) in [6.07, 6.45) is 3.08. The lowest BCUT2D eigenvalue weighted by atomic mass is 10.5. The van der Waals surface area contributed by atoms with E-state index in [1.165, 1.54) is 0 Å². The van der Waals surface area contributed by atoms with Crippen LogP contribution in [0, 0.1) is 0 Å². The van der Waals surface area contributed by atoms with Gasteiger partial charge in [-0.25, -0.2) is 11.0 Å². The first-order valence-corrected chi connectivity index (χ1v) is 3.91. The van der Waals surface area contributed by atoms with Gasteiger partial charge in [-0.05, 0) is 0 Å². The largest absolute Gasteiger partial charge is 0.290 e. The van der Waals surface area contributed by atoms with Crippen molar-refractivity contribution in [1.82, 2.24) is 11.0 Å². The average Bonchev–Trinajstić information content (AvgIpc) is 2.23. The van der Waals surface area contributed by atoms with E-state index in [0.717, 1.165) is 0 Å². The maximum absolute atomic E-state index is 8.68. The van der Waals surface area contributed by atoms with Crippen LogP contribution in [-0.4, -0.2) is 35.2 Å². The van der Waals surface area contributed by atoms with Crippen LogP contribution in [0.3, 0.4) is 0 Å². The molecule has 0 saturated carbocycles. The second-order valence-electron chi connectivity index (χ2n) is 2.18. The van der Waals surface area contributed by atoms with E-state index >= 15 is 0 Å². The molecular formula is C8H14N4O2. The summed E-state index contributed by atoms with van der Waals surface area (Å²) in [7, 11) is 0. The van der Waals surface area contributed by atoms with E-state index < -0.39 is 0 Å². The molecule has 14 heavy (non-hydrogen) atoms. The lowest BCUT2D eigenvalue weighted by Gasteiger charge is -2.05. The van der Waals surface area contributed by atoms with Gasteiger partial charge < -0.3 is 0 Å². The molecule has 0 aliphatic rings. The highest BCUT2D eigenvalue weighted by Gasteiger charge is 2.04. The number of rotatable bonds is 4. The predicted octanol–water partition coefficient (Wildman–Crippen LogP) is 0.113. The fourth-order valence-electron chi connectivity index (χ4n) is 0.638. The minimum Gasteiger partial charge on any atom is -0.290 e. The highest BCUT2D eigenvalue weighted by atomic mass is 16.5. The summed E-state index contributed by atoms with van der Waals surface area (Å²) in [5.41, 5.74) is 3.62. The van der Waals surface area contributed by atoms with Crippen LogP contribution in [0.2, 0.25) is 0 Å². The molecule has 0 bridgehead atoms. The summed E-state index contributed by atoms with van der Waals surface area (Å²) in [5, 5.41) is 17.4. The summed E-state index contributed by atoms with van der Waals surface area (Å²) < 4.78 is 0. The number of hydroxylamine groups is 2. The zero-order valence-electron chi connectivity index (χ0n) is 7.77. The number of amidine groups is 2. The van der Waals surface area contributed by atoms with E-state index in [1.807, 2.05) is 11.0 Å². The highest BCUT2D eigenvalue weighted by molar-refractivity contribution is 6.39. The predicted molar refractivity (Wildman–Crippen MR) is 54.8 cm³/mol. The summed E-state index contributed by atoms with van der Waals surface area (Å²) in [4.78, 5) is 7.67. The quantitative estimate of drug-likeness (QED) is 0.223. The molecule has 0 aromatic carbocycles. The van der Waals surface area contributed by atoms with E-state index in [9.17, 15) is 0 Å². The molecule has 0 spiro atoms. The third-order valence-corrected chi connectivity index (χ3v) is 1.19. The Balaban J connectivity index is 4.58. The molecule has 0 aromatic heterocycles. The van der Waals surface area contributed by atoms with Crippen LogP contribution in [0.4, 0.5) is 0 Å². The standard InChI is InChI=1S/C8H14N4O2/c1-3-5-9-7(11-13)8(12-14)10-6-4-2/h3-4,13-14H,1-2,5-6H2,(H,9,11)(H,10,12). The van der Waals surface area contributed by atoms with Gasteiger partial charge in [0, 0.05) is 0 Å². The molecule has 78 valence electrons. The minimum absolute atomic E-state index is 0.0363. The molecule has 0 aromatic rings. The minimum atomic E-state index is 0.0363. The molecule has 0 atom stereocenters. The van der Waals surface area contributed by atoms with Crippen molar-refractivity contribution in [3.05, 3.63) is 25.3 Å². The molecule has 0 amide bonds. The van der Waals surface area contributed by atoms with Gasteiger partial charge in [-0.2, -0.15) is 0 Å². The molecule has 0 heterocycles. The number of nitrogens with one attached hydrogen (secondary N) is 2. The SMILES string of the molecule is C=CCN=C(NO)C(=NCC=C)NO. The van der Waals surface area contributed by atoms with E-state index in [1.54, 1.807) is 12.2 Å². The second-order valence-corrected chi connectivity index (χ2v) is 2.18. The van der Waals surface area contributed by atoms with E-state index in [4.69, 9.17) is 10.4 Å². The van der Waals surface area contributed by atoms with Crippen LogP contribution in [0.25, 0.3) is 0 Å². The molecule has 0 rings (SSSR count). The Morgan fingerprint density at radius 1 is 1.00 bits per heavy atom. The van der Waals surface area contributed by atoms with Crippen molar-refractivity contribution in [2.45, 2.75) is 0 Å². The molecule has 0 aliphatic carbocycles. The summed E-state index contributed by atoms with van der Waals surface area (Å²) in [6, 6.07) is 0. The zero-order valence-corrected chi connectivity index (χ0v) is 7.77. The second kappa shape index (κ2) is 7.96. The molecular weight excluding hydrogens is 184 g/mol. The highest BCUT2D eigenvalue weighted by Crippen LogP contribution is 1.82. The summed E-state index contributed by atoms with van der Waals surface area (Å²) in [6.45, 7) is 7.52. The van der Waals surface area contributed by atoms with Gasteiger partial charge in [-0.1, -0.05) is 12.2 Å². The Morgan fingerprint density at radius 3 is 1.57 bits per heavy atom. The van der Waals surface area contributed by atoms with Gasteiger partial charge in [-0.15, -0.1) is 13.2 Å². The summed E-state index contributed by atoms with van der Waals surface area (Å²) >= 11 is 0. The van der Waals surface area contributed by atoms with E-state index in [0.29, 0.717) is 13.1 Å². The molecule has 0 saturated heterocycles. The van der Waals surface area contributed by atoms with Crippen molar-refractivity contribution >= 4 is 11.7 Å². The maximum Gasteiger partial charge on any atom is 0.190 e. The molecule has 0 radical (unpaired) electrons. The third-order valence-electron chi connectivity index (χ3n) is 1.19. The smallest absolute Gasteiger partial charge is 0.190 e. The molecule has 6 nitrogen and oxygen atoms in total. The van der Waals surface area contributed by atoms with Crippen molar-refractivity contribution in [2.24, 2.45) is 9.98 Å². The van der Waals surface area contributed by atoms with Gasteiger partial charge >= 0.3 is 0 Å². The zero-order chi connectivity index (χ0) is 10.8. The molecule has 6 heteroatoms. The van der Waals surface area contributed by atoms with Crippen LogP contribution in [-0.2, 0) is 0 Å². The maximum atomic E-state index is 8.68. The number of hydrogen-bond donors (Lipinski definition) is 4. The Bertz CT molecular complexity index is 222. The Morgan fingerprint density at radius 2 is 1.36 bits per heavy atom.